The van der Waals surface area contributed by atoms with Crippen LogP contribution >= 0.6 is 0 Å². The minimum atomic E-state index is -4.72. The molecule has 0 saturated carbocycles. The van der Waals surface area contributed by atoms with E-state index < -0.39 is 23.9 Å². The Bertz CT molecular complexity index is 1140. The minimum absolute atomic E-state index is 0.0696. The van der Waals surface area contributed by atoms with Gasteiger partial charge in [0.05, 0.1) is 11.6 Å². The molecule has 0 aliphatic heterocycles. The van der Waals surface area contributed by atoms with Gasteiger partial charge >= 0.3 is 18.0 Å². The van der Waals surface area contributed by atoms with E-state index in [-0.39, 0.29) is 29.8 Å². The normalized spacial score (nSPS) is 12.3. The van der Waals surface area contributed by atoms with E-state index in [1.165, 1.54) is 0 Å². The lowest BCUT2D eigenvalue weighted by Gasteiger charge is -2.25. The van der Waals surface area contributed by atoms with Crippen molar-refractivity contribution in [3.8, 4) is 11.5 Å². The van der Waals surface area contributed by atoms with Crippen molar-refractivity contribution in [1.82, 2.24) is 15.7 Å². The second-order valence-electron chi connectivity index (χ2n) is 7.70. The number of nitrogens with one attached hydrogen (secondary N) is 2. The van der Waals surface area contributed by atoms with Crippen molar-refractivity contribution in [2.24, 2.45) is 5.92 Å². The molecule has 0 aliphatic rings. The van der Waals surface area contributed by atoms with Gasteiger partial charge in [-0.25, -0.2) is 4.79 Å². The van der Waals surface area contributed by atoms with Crippen LogP contribution in [0.25, 0.3) is 11.5 Å². The van der Waals surface area contributed by atoms with Crippen LogP contribution in [0.1, 0.15) is 55.0 Å². The molecular formula is C23H23F3N4O4. The Labute approximate surface area is 193 Å². The summed E-state index contributed by atoms with van der Waals surface area (Å²) in [5.74, 6) is -2.73. The van der Waals surface area contributed by atoms with E-state index in [0.29, 0.717) is 11.3 Å². The quantitative estimate of drug-likeness (QED) is 0.454. The van der Waals surface area contributed by atoms with Gasteiger partial charge in [0, 0.05) is 17.7 Å². The standard InChI is InChI=1S/C23H23F3N4O4/c1-4-18(31)34-30-20(32)16-7-5-6-8-17(16)27-19(13(2)3)14-9-11-15(12-10-14)21-28-29-22(33-21)23(24,25)26/h5-13,19,27H,4H2,1-3H3,(H,30,32)/t19-/m1/s1. The largest absolute Gasteiger partial charge is 0.470 e. The van der Waals surface area contributed by atoms with E-state index in [1.807, 2.05) is 13.8 Å². The highest BCUT2D eigenvalue weighted by Crippen LogP contribution is 2.32. The van der Waals surface area contributed by atoms with Gasteiger partial charge in [0.25, 0.3) is 5.91 Å². The van der Waals surface area contributed by atoms with Crippen molar-refractivity contribution in [2.45, 2.75) is 39.4 Å². The van der Waals surface area contributed by atoms with Gasteiger partial charge < -0.3 is 14.6 Å². The number of aromatic nitrogens is 2. The lowest BCUT2D eigenvalue weighted by Crippen LogP contribution is -2.28. The van der Waals surface area contributed by atoms with Gasteiger partial charge in [-0.05, 0) is 35.7 Å². The summed E-state index contributed by atoms with van der Waals surface area (Å²) in [4.78, 5) is 28.6. The summed E-state index contributed by atoms with van der Waals surface area (Å²) in [7, 11) is 0. The van der Waals surface area contributed by atoms with E-state index in [0.717, 1.165) is 5.56 Å². The fourth-order valence-corrected chi connectivity index (χ4v) is 3.13. The molecule has 8 nitrogen and oxygen atoms in total. The summed E-state index contributed by atoms with van der Waals surface area (Å²) in [5, 5.41) is 9.83. The SMILES string of the molecule is CCC(=O)ONC(=O)c1ccccc1N[C@@H](c1ccc(-c2nnc(C(F)(F)F)o2)cc1)C(C)C. The molecule has 0 saturated heterocycles. The van der Waals surface area contributed by atoms with Gasteiger partial charge in [0.1, 0.15) is 0 Å². The number of hydrogen-bond acceptors (Lipinski definition) is 7. The summed E-state index contributed by atoms with van der Waals surface area (Å²) in [5.41, 5.74) is 4.09. The van der Waals surface area contributed by atoms with E-state index >= 15 is 0 Å². The Hall–Kier alpha value is -3.89. The number of para-hydroxylation sites is 1. The van der Waals surface area contributed by atoms with Gasteiger partial charge in [-0.15, -0.1) is 10.2 Å². The lowest BCUT2D eigenvalue weighted by molar-refractivity contribution is -0.157. The molecule has 1 amide bonds. The van der Waals surface area contributed by atoms with E-state index in [9.17, 15) is 22.8 Å². The number of nitrogens with zero attached hydrogens (tertiary/aromatic N) is 2. The van der Waals surface area contributed by atoms with Gasteiger partial charge in [0.2, 0.25) is 5.89 Å². The smallest absolute Gasteiger partial charge is 0.413 e. The summed E-state index contributed by atoms with van der Waals surface area (Å²) in [6, 6.07) is 13.1. The molecule has 0 fully saturated rings. The second-order valence-corrected chi connectivity index (χ2v) is 7.70. The highest BCUT2D eigenvalue weighted by molar-refractivity contribution is 5.99. The number of hydroxylamine groups is 1. The Morgan fingerprint density at radius 3 is 2.32 bits per heavy atom. The van der Waals surface area contributed by atoms with Crippen LogP contribution in [0.15, 0.2) is 52.9 Å². The van der Waals surface area contributed by atoms with E-state index in [1.54, 1.807) is 55.5 Å². The van der Waals surface area contributed by atoms with Crippen molar-refractivity contribution in [3.05, 3.63) is 65.5 Å². The zero-order valence-corrected chi connectivity index (χ0v) is 18.6. The molecule has 1 atom stereocenters. The number of alkyl halides is 3. The second kappa shape index (κ2) is 10.4. The average Bonchev–Trinajstić information content (AvgIpc) is 3.32. The van der Waals surface area contributed by atoms with Gasteiger partial charge in [-0.1, -0.05) is 45.0 Å². The number of benzene rings is 2. The van der Waals surface area contributed by atoms with Crippen molar-refractivity contribution in [2.75, 3.05) is 5.32 Å². The molecule has 1 heterocycles. The number of carbonyl (C=O) groups excluding carboxylic acids is 2. The summed E-state index contributed by atoms with van der Waals surface area (Å²) < 4.78 is 42.9. The molecule has 11 heteroatoms. The van der Waals surface area contributed by atoms with Crippen LogP contribution < -0.4 is 10.8 Å². The summed E-state index contributed by atoms with van der Waals surface area (Å²) in [6.07, 6.45) is -4.60. The first-order valence-corrected chi connectivity index (χ1v) is 10.5. The Morgan fingerprint density at radius 2 is 1.74 bits per heavy atom. The summed E-state index contributed by atoms with van der Waals surface area (Å²) in [6.45, 7) is 5.56. The number of rotatable bonds is 7. The van der Waals surface area contributed by atoms with Gasteiger partial charge in [-0.3, -0.25) is 4.79 Å². The third-order valence-electron chi connectivity index (χ3n) is 4.88. The molecule has 0 spiro atoms. The molecule has 0 bridgehead atoms. The Kier molecular flexibility index (Phi) is 7.54. The van der Waals surface area contributed by atoms with Crippen LogP contribution in [0.3, 0.4) is 0 Å². The Balaban J connectivity index is 1.81. The van der Waals surface area contributed by atoms with Crippen LogP contribution in [0.2, 0.25) is 0 Å². The number of hydrogen-bond donors (Lipinski definition) is 2. The van der Waals surface area contributed by atoms with Crippen LogP contribution in [0.4, 0.5) is 18.9 Å². The van der Waals surface area contributed by atoms with Crippen molar-refractivity contribution in [1.29, 1.82) is 0 Å². The summed E-state index contributed by atoms with van der Waals surface area (Å²) >= 11 is 0. The monoisotopic (exact) mass is 476 g/mol. The number of halogens is 3. The fraction of sp³-hybridized carbons (Fsp3) is 0.304. The minimum Gasteiger partial charge on any atom is -0.413 e. The molecule has 0 aliphatic carbocycles. The first-order chi connectivity index (χ1) is 16.1. The predicted octanol–water partition coefficient (Wildman–Crippen LogP) is 5.16. The Morgan fingerprint density at radius 1 is 1.06 bits per heavy atom. The number of amides is 1. The van der Waals surface area contributed by atoms with Crippen molar-refractivity contribution in [3.63, 3.8) is 0 Å². The van der Waals surface area contributed by atoms with E-state index in [4.69, 9.17) is 9.25 Å². The number of carbonyl (C=O) groups is 2. The molecule has 2 aromatic carbocycles. The predicted molar refractivity (Wildman–Crippen MR) is 116 cm³/mol. The van der Waals surface area contributed by atoms with Crippen molar-refractivity contribution < 1.29 is 32.0 Å². The third kappa shape index (κ3) is 5.91. The third-order valence-corrected chi connectivity index (χ3v) is 4.88. The van der Waals surface area contributed by atoms with Crippen molar-refractivity contribution >= 4 is 17.6 Å². The van der Waals surface area contributed by atoms with Crippen LogP contribution in [0.5, 0.6) is 0 Å². The molecule has 3 aromatic rings. The molecule has 180 valence electrons. The first-order valence-electron chi connectivity index (χ1n) is 10.5. The molecular weight excluding hydrogens is 453 g/mol. The maximum absolute atomic E-state index is 12.7. The van der Waals surface area contributed by atoms with Crippen LogP contribution in [0, 0.1) is 5.92 Å². The highest BCUT2D eigenvalue weighted by atomic mass is 19.4. The maximum atomic E-state index is 12.7. The molecule has 1 aromatic heterocycles. The number of anilines is 1. The fourth-order valence-electron chi connectivity index (χ4n) is 3.13. The molecule has 3 rings (SSSR count). The zero-order valence-electron chi connectivity index (χ0n) is 18.6. The average molecular weight is 476 g/mol. The molecule has 34 heavy (non-hydrogen) atoms. The maximum Gasteiger partial charge on any atom is 0.470 e. The zero-order chi connectivity index (χ0) is 24.9. The van der Waals surface area contributed by atoms with Crippen LogP contribution in [-0.4, -0.2) is 22.1 Å². The highest BCUT2D eigenvalue weighted by Gasteiger charge is 2.38. The van der Waals surface area contributed by atoms with Crippen LogP contribution in [-0.2, 0) is 15.8 Å². The lowest BCUT2D eigenvalue weighted by atomic mass is 9.94. The molecule has 0 radical (unpaired) electrons. The van der Waals surface area contributed by atoms with Gasteiger partial charge in [0.15, 0.2) is 0 Å². The van der Waals surface area contributed by atoms with E-state index in [2.05, 4.69) is 21.0 Å². The molecule has 2 N–H and O–H groups in total. The first kappa shape index (κ1) is 24.7. The molecule has 0 unspecified atom stereocenters. The van der Waals surface area contributed by atoms with Gasteiger partial charge in [-0.2, -0.15) is 18.7 Å². The topological polar surface area (TPSA) is 106 Å².